The Morgan fingerprint density at radius 3 is 2.49 bits per heavy atom. The molecule has 0 aliphatic heterocycles. The lowest BCUT2D eigenvalue weighted by molar-refractivity contribution is 0.222. The predicted octanol–water partition coefficient (Wildman–Crippen LogP) is 7.30. The summed E-state index contributed by atoms with van der Waals surface area (Å²) >= 11 is 0. The van der Waals surface area contributed by atoms with Crippen LogP contribution in [0.1, 0.15) is 62.8 Å². The van der Waals surface area contributed by atoms with Gasteiger partial charge >= 0.3 is 0 Å². The molecule has 4 rings (SSSR count). The topological polar surface area (TPSA) is 74.9 Å². The fraction of sp³-hybridized carbons (Fsp3) is 0.324. The average Bonchev–Trinajstić information content (AvgIpc) is 2.94. The summed E-state index contributed by atoms with van der Waals surface area (Å²) < 4.78 is 19.1. The van der Waals surface area contributed by atoms with Crippen LogP contribution in [0, 0.1) is 6.92 Å². The number of rotatable bonds is 11. The van der Waals surface area contributed by atoms with Crippen LogP contribution in [0.15, 0.2) is 71.1 Å². The van der Waals surface area contributed by atoms with E-state index in [4.69, 9.17) is 24.3 Å². The summed E-state index contributed by atoms with van der Waals surface area (Å²) in [5, 5.41) is 5.21. The van der Waals surface area contributed by atoms with Gasteiger partial charge in [0.25, 0.3) is 5.56 Å². The number of nitrogens with zero attached hydrogens (tertiary/aromatic N) is 3. The third kappa shape index (κ3) is 6.35. The molecule has 214 valence electrons. The molecule has 1 heterocycles. The molecule has 0 bridgehead atoms. The van der Waals surface area contributed by atoms with Crippen LogP contribution in [0.4, 0.5) is 0 Å². The van der Waals surface area contributed by atoms with Gasteiger partial charge in [0.05, 0.1) is 36.9 Å². The third-order valence-corrected chi connectivity index (χ3v) is 6.69. The summed E-state index contributed by atoms with van der Waals surface area (Å²) in [5.74, 6) is 2.79. The van der Waals surface area contributed by atoms with Gasteiger partial charge in [-0.05, 0) is 93.1 Å². The highest BCUT2D eigenvalue weighted by atomic mass is 16.5. The minimum atomic E-state index is -0.251. The molecule has 0 unspecified atom stereocenters. The van der Waals surface area contributed by atoms with Crippen molar-refractivity contribution in [3.8, 4) is 28.6 Å². The first-order valence-electron chi connectivity index (χ1n) is 14.0. The number of fused-ring (bicyclic) bond motifs is 1. The number of benzene rings is 3. The number of para-hydroxylation sites is 1. The van der Waals surface area contributed by atoms with E-state index in [-0.39, 0.29) is 17.6 Å². The van der Waals surface area contributed by atoms with Crippen LogP contribution < -0.4 is 19.8 Å². The largest absolute Gasteiger partial charge is 0.496 e. The number of aromatic nitrogens is 2. The molecule has 1 aromatic heterocycles. The van der Waals surface area contributed by atoms with Crippen LogP contribution in [-0.4, -0.2) is 35.7 Å². The van der Waals surface area contributed by atoms with E-state index in [1.165, 1.54) is 4.68 Å². The summed E-state index contributed by atoms with van der Waals surface area (Å²) in [6.07, 6.45) is 4.06. The summed E-state index contributed by atoms with van der Waals surface area (Å²) in [6, 6.07) is 15.2. The summed E-state index contributed by atoms with van der Waals surface area (Å²) in [4.78, 5) is 18.8. The molecule has 7 nitrogen and oxygen atoms in total. The van der Waals surface area contributed by atoms with Gasteiger partial charge in [0, 0.05) is 11.1 Å². The molecule has 0 saturated carbocycles. The Hall–Kier alpha value is -4.39. The maximum atomic E-state index is 13.8. The average molecular weight is 554 g/mol. The lowest BCUT2D eigenvalue weighted by Crippen LogP contribution is -2.21. The van der Waals surface area contributed by atoms with Gasteiger partial charge in [-0.3, -0.25) is 4.79 Å². The number of hydrogen-bond acceptors (Lipinski definition) is 6. The number of hydrogen-bond donors (Lipinski definition) is 0. The van der Waals surface area contributed by atoms with Gasteiger partial charge < -0.3 is 14.2 Å². The minimum Gasteiger partial charge on any atom is -0.496 e. The van der Waals surface area contributed by atoms with E-state index in [1.807, 2.05) is 70.2 Å². The first-order chi connectivity index (χ1) is 19.7. The van der Waals surface area contributed by atoms with Crippen LogP contribution in [0.3, 0.4) is 0 Å². The van der Waals surface area contributed by atoms with E-state index >= 15 is 0 Å². The molecule has 0 saturated heterocycles. The van der Waals surface area contributed by atoms with Gasteiger partial charge in [0.1, 0.15) is 5.75 Å². The van der Waals surface area contributed by atoms with Crippen LogP contribution in [0.2, 0.25) is 0 Å². The zero-order chi connectivity index (χ0) is 29.7. The fourth-order valence-electron chi connectivity index (χ4n) is 4.79. The molecule has 0 aliphatic carbocycles. The fourth-order valence-corrected chi connectivity index (χ4v) is 4.79. The van der Waals surface area contributed by atoms with Gasteiger partial charge in [0.15, 0.2) is 17.3 Å². The molecule has 7 heteroatoms. The predicted molar refractivity (Wildman–Crippen MR) is 167 cm³/mol. The first kappa shape index (κ1) is 29.6. The molecule has 41 heavy (non-hydrogen) atoms. The lowest BCUT2D eigenvalue weighted by atomic mass is 9.96. The molecule has 0 radical (unpaired) electrons. The number of ether oxygens (including phenoxy) is 3. The Labute approximate surface area is 242 Å². The van der Waals surface area contributed by atoms with Crippen LogP contribution in [-0.2, 0) is 6.42 Å². The summed E-state index contributed by atoms with van der Waals surface area (Å²) in [5.41, 5.74) is 4.83. The number of aryl methyl sites for hydroxylation is 1. The van der Waals surface area contributed by atoms with Gasteiger partial charge in [-0.1, -0.05) is 32.1 Å². The van der Waals surface area contributed by atoms with Crippen molar-refractivity contribution < 1.29 is 14.2 Å². The molecule has 0 amide bonds. The third-order valence-electron chi connectivity index (χ3n) is 6.69. The quantitative estimate of drug-likeness (QED) is 0.144. The van der Waals surface area contributed by atoms with Crippen molar-refractivity contribution in [2.45, 2.75) is 60.0 Å². The summed E-state index contributed by atoms with van der Waals surface area (Å²) in [6.45, 7) is 16.5. The Morgan fingerprint density at radius 1 is 1.07 bits per heavy atom. The SMILES string of the molecule is C=CCc1cc(C=Nn2c(-c3cc(C(C)C)c(OC)cc3C)nc3ccccc3c2=O)cc(OCC)c1OC(C)C. The van der Waals surface area contributed by atoms with Crippen molar-refractivity contribution in [3.05, 3.63) is 93.8 Å². The minimum absolute atomic E-state index is 0.0226. The van der Waals surface area contributed by atoms with E-state index < -0.39 is 0 Å². The van der Waals surface area contributed by atoms with Gasteiger partial charge in [0.2, 0.25) is 0 Å². The second-order valence-corrected chi connectivity index (χ2v) is 10.5. The van der Waals surface area contributed by atoms with Crippen molar-refractivity contribution in [3.63, 3.8) is 0 Å². The van der Waals surface area contributed by atoms with Gasteiger partial charge in [-0.15, -0.1) is 6.58 Å². The molecular weight excluding hydrogens is 514 g/mol. The van der Waals surface area contributed by atoms with E-state index in [0.717, 1.165) is 33.6 Å². The first-order valence-corrected chi connectivity index (χ1v) is 14.0. The molecule has 0 atom stereocenters. The maximum absolute atomic E-state index is 13.8. The highest BCUT2D eigenvalue weighted by Gasteiger charge is 2.19. The summed E-state index contributed by atoms with van der Waals surface area (Å²) in [7, 11) is 1.67. The molecule has 3 aromatic carbocycles. The van der Waals surface area contributed by atoms with Crippen molar-refractivity contribution >= 4 is 17.1 Å². The van der Waals surface area contributed by atoms with Gasteiger partial charge in [-0.2, -0.15) is 9.78 Å². The van der Waals surface area contributed by atoms with E-state index in [1.54, 1.807) is 19.4 Å². The highest BCUT2D eigenvalue weighted by Crippen LogP contribution is 2.36. The lowest BCUT2D eigenvalue weighted by Gasteiger charge is -2.19. The van der Waals surface area contributed by atoms with E-state index in [9.17, 15) is 4.79 Å². The Kier molecular flexibility index (Phi) is 9.28. The Balaban J connectivity index is 1.95. The Bertz CT molecular complexity index is 1650. The molecule has 0 N–H and O–H groups in total. The van der Waals surface area contributed by atoms with Crippen molar-refractivity contribution in [1.29, 1.82) is 0 Å². The normalized spacial score (nSPS) is 11.5. The van der Waals surface area contributed by atoms with E-state index in [2.05, 4.69) is 26.5 Å². The molecular formula is C34H39N3O4. The van der Waals surface area contributed by atoms with Crippen molar-refractivity contribution in [1.82, 2.24) is 9.66 Å². The second-order valence-electron chi connectivity index (χ2n) is 10.5. The number of allylic oxidation sites excluding steroid dienone is 1. The zero-order valence-electron chi connectivity index (χ0n) is 25.0. The number of methoxy groups -OCH3 is 1. The van der Waals surface area contributed by atoms with Crippen molar-refractivity contribution in [2.24, 2.45) is 5.10 Å². The maximum Gasteiger partial charge on any atom is 0.282 e. The second kappa shape index (κ2) is 12.9. The smallest absolute Gasteiger partial charge is 0.282 e. The van der Waals surface area contributed by atoms with Crippen LogP contribution in [0.25, 0.3) is 22.3 Å². The molecule has 0 spiro atoms. The Morgan fingerprint density at radius 2 is 1.83 bits per heavy atom. The highest BCUT2D eigenvalue weighted by molar-refractivity contribution is 5.83. The van der Waals surface area contributed by atoms with E-state index in [0.29, 0.717) is 41.3 Å². The van der Waals surface area contributed by atoms with Gasteiger partial charge in [-0.25, -0.2) is 4.98 Å². The standard InChI is InChI=1S/C34H39N3O4/c1-9-13-25-17-24(18-31(40-10-2)32(25)41-22(5)6)20-35-37-33(36-29-15-12-11-14-26(29)34(37)38)28-19-27(21(3)4)30(39-8)16-23(28)7/h9,11-12,14-22H,1,10,13H2,2-8H3. The molecule has 0 aliphatic rings. The van der Waals surface area contributed by atoms with Crippen LogP contribution in [0.5, 0.6) is 17.2 Å². The zero-order valence-corrected chi connectivity index (χ0v) is 25.0. The monoisotopic (exact) mass is 553 g/mol. The molecule has 0 fully saturated rings. The van der Waals surface area contributed by atoms with Crippen LogP contribution >= 0.6 is 0 Å². The molecule has 4 aromatic rings. The van der Waals surface area contributed by atoms with Crippen molar-refractivity contribution in [2.75, 3.05) is 13.7 Å².